The normalized spacial score (nSPS) is 11.2. The number of fused-ring (bicyclic) bond motifs is 3. The Hall–Kier alpha value is -3.33. The smallest absolute Gasteiger partial charge is 0.278 e. The van der Waals surface area contributed by atoms with Gasteiger partial charge in [-0.2, -0.15) is 0 Å². The van der Waals surface area contributed by atoms with Gasteiger partial charge < -0.3 is 24.4 Å². The van der Waals surface area contributed by atoms with Gasteiger partial charge in [0.05, 0.1) is 25.4 Å². The number of furan rings is 1. The van der Waals surface area contributed by atoms with Crippen molar-refractivity contribution in [1.29, 1.82) is 0 Å². The molecule has 0 fully saturated rings. The van der Waals surface area contributed by atoms with Crippen molar-refractivity contribution < 1.29 is 13.9 Å². The van der Waals surface area contributed by atoms with E-state index in [2.05, 4.69) is 15.3 Å². The van der Waals surface area contributed by atoms with Gasteiger partial charge in [0, 0.05) is 23.9 Å². The SMILES string of the molecule is COc1ccc2[nH]c3c(=O)n(CCCC(=O)NCc4ccco4)c(=S)[nH]c3c2c1. The molecule has 0 spiro atoms. The van der Waals surface area contributed by atoms with E-state index in [0.29, 0.717) is 46.8 Å². The van der Waals surface area contributed by atoms with Crippen molar-refractivity contribution in [2.24, 2.45) is 0 Å². The minimum atomic E-state index is -0.213. The zero-order chi connectivity index (χ0) is 20.4. The molecule has 8 nitrogen and oxygen atoms in total. The molecule has 0 aliphatic heterocycles. The number of aromatic amines is 2. The van der Waals surface area contributed by atoms with E-state index < -0.39 is 0 Å². The van der Waals surface area contributed by atoms with E-state index >= 15 is 0 Å². The maximum absolute atomic E-state index is 12.9. The number of benzene rings is 1. The number of ether oxygens (including phenoxy) is 1. The average Bonchev–Trinajstić information content (AvgIpc) is 3.36. The maximum Gasteiger partial charge on any atom is 0.278 e. The number of H-pyrrole nitrogens is 2. The first-order valence-electron chi connectivity index (χ1n) is 9.18. The number of amides is 1. The second kappa shape index (κ2) is 7.96. The number of carbonyl (C=O) groups is 1. The predicted octanol–water partition coefficient (Wildman–Crippen LogP) is 3.24. The van der Waals surface area contributed by atoms with E-state index in [1.54, 1.807) is 25.5 Å². The fourth-order valence-electron chi connectivity index (χ4n) is 3.28. The lowest BCUT2D eigenvalue weighted by Gasteiger charge is -2.07. The first kappa shape index (κ1) is 19.0. The number of carbonyl (C=O) groups excluding carboxylic acids is 1. The van der Waals surface area contributed by atoms with Gasteiger partial charge in [-0.15, -0.1) is 0 Å². The number of nitrogens with one attached hydrogen (secondary N) is 3. The van der Waals surface area contributed by atoms with Crippen LogP contribution in [0.1, 0.15) is 18.6 Å². The van der Waals surface area contributed by atoms with Crippen LogP contribution in [0.15, 0.2) is 45.8 Å². The Morgan fingerprint density at radius 2 is 2.14 bits per heavy atom. The lowest BCUT2D eigenvalue weighted by molar-refractivity contribution is -0.121. The summed E-state index contributed by atoms with van der Waals surface area (Å²) in [6.45, 7) is 0.688. The topological polar surface area (TPSA) is 105 Å². The first-order chi connectivity index (χ1) is 14.1. The molecule has 0 saturated heterocycles. The molecular weight excluding hydrogens is 392 g/mol. The van der Waals surface area contributed by atoms with Crippen LogP contribution in [0.3, 0.4) is 0 Å². The van der Waals surface area contributed by atoms with Crippen molar-refractivity contribution in [3.8, 4) is 5.75 Å². The molecule has 3 heterocycles. The number of methoxy groups -OCH3 is 1. The van der Waals surface area contributed by atoms with Crippen molar-refractivity contribution in [1.82, 2.24) is 19.9 Å². The van der Waals surface area contributed by atoms with Crippen molar-refractivity contribution in [2.75, 3.05) is 7.11 Å². The van der Waals surface area contributed by atoms with Crippen molar-refractivity contribution in [2.45, 2.75) is 25.9 Å². The van der Waals surface area contributed by atoms with Gasteiger partial charge in [-0.25, -0.2) is 0 Å². The summed E-state index contributed by atoms with van der Waals surface area (Å²) in [6.07, 6.45) is 2.33. The summed E-state index contributed by atoms with van der Waals surface area (Å²) < 4.78 is 12.2. The van der Waals surface area contributed by atoms with Crippen LogP contribution in [-0.2, 0) is 17.9 Å². The summed E-state index contributed by atoms with van der Waals surface area (Å²) in [5.41, 5.74) is 1.71. The number of nitrogens with zero attached hydrogens (tertiary/aromatic N) is 1. The molecular formula is C20H20N4O4S. The summed E-state index contributed by atoms with van der Waals surface area (Å²) in [5, 5.41) is 3.63. The second-order valence-electron chi connectivity index (χ2n) is 6.63. The summed E-state index contributed by atoms with van der Waals surface area (Å²) in [6, 6.07) is 9.10. The number of hydrogen-bond donors (Lipinski definition) is 3. The quantitative estimate of drug-likeness (QED) is 0.404. The van der Waals surface area contributed by atoms with Crippen LogP contribution in [-0.4, -0.2) is 27.6 Å². The Labute approximate surface area is 170 Å². The molecule has 3 N–H and O–H groups in total. The zero-order valence-corrected chi connectivity index (χ0v) is 16.6. The Kier molecular flexibility index (Phi) is 5.22. The molecule has 3 aromatic heterocycles. The highest BCUT2D eigenvalue weighted by atomic mass is 32.1. The first-order valence-corrected chi connectivity index (χ1v) is 9.59. The summed E-state index contributed by atoms with van der Waals surface area (Å²) in [4.78, 5) is 31.2. The lowest BCUT2D eigenvalue weighted by Crippen LogP contribution is -2.25. The molecule has 0 radical (unpaired) electrons. The average molecular weight is 412 g/mol. The van der Waals surface area contributed by atoms with Crippen molar-refractivity contribution in [3.63, 3.8) is 0 Å². The van der Waals surface area contributed by atoms with Crippen LogP contribution >= 0.6 is 12.2 Å². The van der Waals surface area contributed by atoms with E-state index in [1.807, 2.05) is 18.2 Å². The van der Waals surface area contributed by atoms with Crippen LogP contribution in [0.25, 0.3) is 21.9 Å². The second-order valence-corrected chi connectivity index (χ2v) is 7.02. The number of aromatic nitrogens is 3. The number of hydrogen-bond acceptors (Lipinski definition) is 5. The molecule has 4 rings (SSSR count). The third kappa shape index (κ3) is 3.81. The molecule has 4 aromatic rings. The molecule has 0 aliphatic carbocycles. The van der Waals surface area contributed by atoms with E-state index in [0.717, 1.165) is 10.9 Å². The van der Waals surface area contributed by atoms with Gasteiger partial charge in [0.25, 0.3) is 5.56 Å². The van der Waals surface area contributed by atoms with Crippen molar-refractivity contribution in [3.05, 3.63) is 57.5 Å². The van der Waals surface area contributed by atoms with E-state index in [9.17, 15) is 9.59 Å². The Morgan fingerprint density at radius 1 is 1.28 bits per heavy atom. The zero-order valence-electron chi connectivity index (χ0n) is 15.8. The highest BCUT2D eigenvalue weighted by Gasteiger charge is 2.13. The molecule has 0 saturated carbocycles. The minimum Gasteiger partial charge on any atom is -0.497 e. The fraction of sp³-hybridized carbons (Fsp3) is 0.250. The standard InChI is InChI=1S/C20H20N4O4S/c1-27-12-6-7-15-14(10-12)17-18(22-15)19(26)24(20(29)23-17)8-2-5-16(25)21-11-13-4-3-9-28-13/h3-4,6-7,9-10,22H,2,5,8,11H2,1H3,(H,21,25)(H,23,29). The Bertz CT molecular complexity index is 1280. The molecule has 0 unspecified atom stereocenters. The highest BCUT2D eigenvalue weighted by molar-refractivity contribution is 7.71. The van der Waals surface area contributed by atoms with Crippen molar-refractivity contribution >= 4 is 40.1 Å². The summed E-state index contributed by atoms with van der Waals surface area (Å²) in [5.74, 6) is 1.28. The van der Waals surface area contributed by atoms with Crippen LogP contribution in [0.5, 0.6) is 5.75 Å². The van der Waals surface area contributed by atoms with Gasteiger partial charge in [-0.3, -0.25) is 14.2 Å². The van der Waals surface area contributed by atoms with Gasteiger partial charge in [0.15, 0.2) is 4.77 Å². The molecule has 0 aliphatic rings. The van der Waals surface area contributed by atoms with Crippen LogP contribution in [0, 0.1) is 4.77 Å². The number of rotatable bonds is 7. The van der Waals surface area contributed by atoms with E-state index in [-0.39, 0.29) is 17.9 Å². The summed E-state index contributed by atoms with van der Waals surface area (Å²) >= 11 is 5.39. The Balaban J connectivity index is 1.50. The van der Waals surface area contributed by atoms with Gasteiger partial charge in [-0.1, -0.05) is 0 Å². The highest BCUT2D eigenvalue weighted by Crippen LogP contribution is 2.25. The van der Waals surface area contributed by atoms with Gasteiger partial charge >= 0.3 is 0 Å². The molecule has 0 atom stereocenters. The Morgan fingerprint density at radius 3 is 2.90 bits per heavy atom. The van der Waals surface area contributed by atoms with Gasteiger partial charge in [0.1, 0.15) is 17.0 Å². The largest absolute Gasteiger partial charge is 0.497 e. The van der Waals surface area contributed by atoms with Gasteiger partial charge in [-0.05, 0) is 49.0 Å². The third-order valence-electron chi connectivity index (χ3n) is 4.77. The maximum atomic E-state index is 12.9. The summed E-state index contributed by atoms with van der Waals surface area (Å²) in [7, 11) is 1.59. The molecule has 150 valence electrons. The van der Waals surface area contributed by atoms with Gasteiger partial charge in [0.2, 0.25) is 5.91 Å². The molecule has 1 aromatic carbocycles. The van der Waals surface area contributed by atoms with Crippen LogP contribution in [0.2, 0.25) is 0 Å². The fourth-order valence-corrected chi connectivity index (χ4v) is 3.55. The lowest BCUT2D eigenvalue weighted by atomic mass is 10.2. The minimum absolute atomic E-state index is 0.108. The monoisotopic (exact) mass is 412 g/mol. The molecule has 0 bridgehead atoms. The van der Waals surface area contributed by atoms with E-state index in [1.165, 1.54) is 4.57 Å². The van der Waals surface area contributed by atoms with Crippen LogP contribution in [0.4, 0.5) is 0 Å². The third-order valence-corrected chi connectivity index (χ3v) is 5.09. The molecule has 29 heavy (non-hydrogen) atoms. The molecule has 1 amide bonds. The predicted molar refractivity (Wildman–Crippen MR) is 112 cm³/mol. The van der Waals surface area contributed by atoms with E-state index in [4.69, 9.17) is 21.4 Å². The molecule has 9 heteroatoms. The van der Waals surface area contributed by atoms with Crippen LogP contribution < -0.4 is 15.6 Å².